The monoisotopic (exact) mass is 348 g/mol. The molecule has 17 heavy (non-hydrogen) atoms. The Morgan fingerprint density at radius 1 is 1.41 bits per heavy atom. The fourth-order valence-corrected chi connectivity index (χ4v) is 1.66. The van der Waals surface area contributed by atoms with E-state index in [0.29, 0.717) is 5.69 Å². The Bertz CT molecular complexity index is 427. The van der Waals surface area contributed by atoms with Gasteiger partial charge in [0, 0.05) is 22.0 Å². The molecule has 0 bridgehead atoms. The summed E-state index contributed by atoms with van der Waals surface area (Å²) in [5.41, 5.74) is 6.69. The SMILES string of the molecule is CN(C(=O)OC(C)(C)C)c1ccc(N)c(I)c1. The lowest BCUT2D eigenvalue weighted by Gasteiger charge is -2.24. The first-order valence-corrected chi connectivity index (χ1v) is 6.30. The highest BCUT2D eigenvalue weighted by Gasteiger charge is 2.20. The quantitative estimate of drug-likeness (QED) is 0.626. The summed E-state index contributed by atoms with van der Waals surface area (Å²) in [6, 6.07) is 5.42. The average molecular weight is 348 g/mol. The number of rotatable bonds is 1. The van der Waals surface area contributed by atoms with Crippen LogP contribution in [-0.4, -0.2) is 18.7 Å². The number of hydrogen-bond donors (Lipinski definition) is 1. The van der Waals surface area contributed by atoms with Crippen LogP contribution in [0.3, 0.4) is 0 Å². The second-order valence-electron chi connectivity index (χ2n) is 4.75. The van der Waals surface area contributed by atoms with Gasteiger partial charge in [-0.2, -0.15) is 0 Å². The van der Waals surface area contributed by atoms with Crippen LogP contribution in [0.2, 0.25) is 0 Å². The molecule has 1 rings (SSSR count). The zero-order valence-corrected chi connectivity index (χ0v) is 12.6. The van der Waals surface area contributed by atoms with E-state index in [1.54, 1.807) is 19.2 Å². The van der Waals surface area contributed by atoms with Crippen molar-refractivity contribution in [2.24, 2.45) is 0 Å². The molecule has 0 unspecified atom stereocenters. The number of hydrogen-bond acceptors (Lipinski definition) is 3. The summed E-state index contributed by atoms with van der Waals surface area (Å²) in [5, 5.41) is 0. The fourth-order valence-electron chi connectivity index (χ4n) is 1.16. The second kappa shape index (κ2) is 5.12. The van der Waals surface area contributed by atoms with Crippen molar-refractivity contribution in [2.75, 3.05) is 17.7 Å². The molecular formula is C12H17IN2O2. The molecule has 5 heteroatoms. The first kappa shape index (κ1) is 14.1. The third-order valence-corrected chi connectivity index (χ3v) is 2.97. The second-order valence-corrected chi connectivity index (χ2v) is 5.91. The number of halogens is 1. The maximum absolute atomic E-state index is 11.8. The highest BCUT2D eigenvalue weighted by molar-refractivity contribution is 14.1. The summed E-state index contributed by atoms with van der Waals surface area (Å²) in [5.74, 6) is 0. The van der Waals surface area contributed by atoms with E-state index in [-0.39, 0.29) is 6.09 Å². The molecule has 94 valence electrons. The molecule has 1 aromatic carbocycles. The standard InChI is InChI=1S/C12H17IN2O2/c1-12(2,3)17-11(16)15(4)8-5-6-10(14)9(13)7-8/h5-7H,14H2,1-4H3. The Balaban J connectivity index is 2.85. The average Bonchev–Trinajstić information content (AvgIpc) is 2.18. The van der Waals surface area contributed by atoms with Crippen LogP contribution in [0, 0.1) is 3.57 Å². The molecule has 4 nitrogen and oxygen atoms in total. The number of amides is 1. The molecule has 0 aliphatic heterocycles. The van der Waals surface area contributed by atoms with Crippen LogP contribution in [0.15, 0.2) is 18.2 Å². The predicted octanol–water partition coefficient (Wildman–Crippen LogP) is 3.24. The van der Waals surface area contributed by atoms with E-state index >= 15 is 0 Å². The van der Waals surface area contributed by atoms with E-state index in [2.05, 4.69) is 22.6 Å². The first-order valence-electron chi connectivity index (χ1n) is 5.22. The number of benzene rings is 1. The van der Waals surface area contributed by atoms with Crippen molar-refractivity contribution in [1.29, 1.82) is 0 Å². The number of carbonyl (C=O) groups is 1. The predicted molar refractivity (Wildman–Crippen MR) is 78.2 cm³/mol. The third kappa shape index (κ3) is 4.07. The normalized spacial score (nSPS) is 11.1. The molecule has 0 radical (unpaired) electrons. The van der Waals surface area contributed by atoms with E-state index in [4.69, 9.17) is 10.5 Å². The Labute approximate surface area is 115 Å². The number of nitrogens with two attached hydrogens (primary N) is 1. The van der Waals surface area contributed by atoms with E-state index in [1.807, 2.05) is 26.8 Å². The van der Waals surface area contributed by atoms with Crippen molar-refractivity contribution in [3.05, 3.63) is 21.8 Å². The van der Waals surface area contributed by atoms with Crippen molar-refractivity contribution < 1.29 is 9.53 Å². The Kier molecular flexibility index (Phi) is 4.24. The largest absolute Gasteiger partial charge is 0.443 e. The molecule has 1 amide bonds. The maximum Gasteiger partial charge on any atom is 0.414 e. The number of carbonyl (C=O) groups excluding carboxylic acids is 1. The zero-order chi connectivity index (χ0) is 13.2. The molecule has 0 spiro atoms. The number of anilines is 2. The zero-order valence-electron chi connectivity index (χ0n) is 10.5. The molecule has 0 aromatic heterocycles. The van der Waals surface area contributed by atoms with Crippen molar-refractivity contribution >= 4 is 40.1 Å². The van der Waals surface area contributed by atoms with Crippen LogP contribution in [0.4, 0.5) is 16.2 Å². The lowest BCUT2D eigenvalue weighted by Crippen LogP contribution is -2.34. The van der Waals surface area contributed by atoms with Gasteiger partial charge in [0.2, 0.25) is 0 Å². The highest BCUT2D eigenvalue weighted by atomic mass is 127. The lowest BCUT2D eigenvalue weighted by molar-refractivity contribution is 0.0589. The molecule has 0 saturated heterocycles. The van der Waals surface area contributed by atoms with Gasteiger partial charge in [-0.05, 0) is 61.6 Å². The van der Waals surface area contributed by atoms with E-state index in [9.17, 15) is 4.79 Å². The fraction of sp³-hybridized carbons (Fsp3) is 0.417. The van der Waals surface area contributed by atoms with E-state index in [1.165, 1.54) is 4.90 Å². The minimum absolute atomic E-state index is 0.377. The van der Waals surface area contributed by atoms with Crippen LogP contribution in [0.5, 0.6) is 0 Å². The van der Waals surface area contributed by atoms with Gasteiger partial charge in [0.15, 0.2) is 0 Å². The number of nitrogen functional groups attached to an aromatic ring is 1. The van der Waals surface area contributed by atoms with Crippen LogP contribution < -0.4 is 10.6 Å². The molecule has 0 aliphatic rings. The summed E-state index contributed by atoms with van der Waals surface area (Å²) < 4.78 is 6.19. The molecule has 0 fully saturated rings. The summed E-state index contributed by atoms with van der Waals surface area (Å²) in [7, 11) is 1.68. The summed E-state index contributed by atoms with van der Waals surface area (Å²) in [6.07, 6.45) is -0.377. The minimum atomic E-state index is -0.494. The Hall–Kier alpha value is -0.980. The molecule has 0 aliphatic carbocycles. The third-order valence-electron chi connectivity index (χ3n) is 2.04. The summed E-state index contributed by atoms with van der Waals surface area (Å²) in [4.78, 5) is 13.3. The van der Waals surface area contributed by atoms with E-state index in [0.717, 1.165) is 9.26 Å². The smallest absolute Gasteiger partial charge is 0.414 e. The van der Waals surface area contributed by atoms with Gasteiger partial charge in [-0.15, -0.1) is 0 Å². The van der Waals surface area contributed by atoms with Crippen molar-refractivity contribution in [2.45, 2.75) is 26.4 Å². The van der Waals surface area contributed by atoms with Crippen molar-refractivity contribution in [3.63, 3.8) is 0 Å². The van der Waals surface area contributed by atoms with E-state index < -0.39 is 5.60 Å². The maximum atomic E-state index is 11.8. The van der Waals surface area contributed by atoms with Crippen LogP contribution >= 0.6 is 22.6 Å². The van der Waals surface area contributed by atoms with Crippen LogP contribution in [0.1, 0.15) is 20.8 Å². The molecule has 2 N–H and O–H groups in total. The molecule has 0 saturated carbocycles. The topological polar surface area (TPSA) is 55.6 Å². The molecule has 0 atom stereocenters. The molecule has 1 aromatic rings. The van der Waals surface area contributed by atoms with Crippen molar-refractivity contribution in [3.8, 4) is 0 Å². The highest BCUT2D eigenvalue weighted by Crippen LogP contribution is 2.23. The van der Waals surface area contributed by atoms with Gasteiger partial charge in [-0.25, -0.2) is 4.79 Å². The van der Waals surface area contributed by atoms with Gasteiger partial charge in [0.1, 0.15) is 5.60 Å². The van der Waals surface area contributed by atoms with Gasteiger partial charge >= 0.3 is 6.09 Å². The van der Waals surface area contributed by atoms with Gasteiger partial charge in [-0.3, -0.25) is 4.90 Å². The number of nitrogens with zero attached hydrogens (tertiary/aromatic N) is 1. The summed E-state index contributed by atoms with van der Waals surface area (Å²) >= 11 is 2.13. The summed E-state index contributed by atoms with van der Waals surface area (Å²) in [6.45, 7) is 5.52. The molecular weight excluding hydrogens is 331 g/mol. The van der Waals surface area contributed by atoms with Gasteiger partial charge < -0.3 is 10.5 Å². The van der Waals surface area contributed by atoms with Gasteiger partial charge in [-0.1, -0.05) is 0 Å². The van der Waals surface area contributed by atoms with Crippen molar-refractivity contribution in [1.82, 2.24) is 0 Å². The Morgan fingerprint density at radius 2 is 2.00 bits per heavy atom. The minimum Gasteiger partial charge on any atom is -0.443 e. The first-order chi connectivity index (χ1) is 7.70. The lowest BCUT2D eigenvalue weighted by atomic mass is 10.2. The molecule has 0 heterocycles. The van der Waals surface area contributed by atoms with Gasteiger partial charge in [0.05, 0.1) is 0 Å². The number of ether oxygens (including phenoxy) is 1. The Morgan fingerprint density at radius 3 is 2.47 bits per heavy atom. The van der Waals surface area contributed by atoms with Gasteiger partial charge in [0.25, 0.3) is 0 Å². The van der Waals surface area contributed by atoms with Crippen LogP contribution in [-0.2, 0) is 4.74 Å². The van der Waals surface area contributed by atoms with Crippen LogP contribution in [0.25, 0.3) is 0 Å².